The van der Waals surface area contributed by atoms with Gasteiger partial charge in [-0.3, -0.25) is 9.59 Å². The predicted octanol–water partition coefficient (Wildman–Crippen LogP) is 2.91. The predicted molar refractivity (Wildman–Crippen MR) is 102 cm³/mol. The summed E-state index contributed by atoms with van der Waals surface area (Å²) in [4.78, 5) is 38.0. The van der Waals surface area contributed by atoms with E-state index in [1.165, 1.54) is 6.42 Å². The summed E-state index contributed by atoms with van der Waals surface area (Å²) in [7, 11) is 0. The van der Waals surface area contributed by atoms with Gasteiger partial charge in [0.15, 0.2) is 6.61 Å². The van der Waals surface area contributed by atoms with E-state index in [0.29, 0.717) is 36.1 Å². The Bertz CT molecular complexity index is 718. The summed E-state index contributed by atoms with van der Waals surface area (Å²) in [5.41, 5.74) is 1.04. The Morgan fingerprint density at radius 1 is 1.22 bits per heavy atom. The number of nitrogens with one attached hydrogen (secondary N) is 1. The minimum absolute atomic E-state index is 0.0655. The molecule has 6 nitrogen and oxygen atoms in total. The summed E-state index contributed by atoms with van der Waals surface area (Å²) in [5.74, 6) is 0.260. The smallest absolute Gasteiger partial charge is 0.338 e. The van der Waals surface area contributed by atoms with Crippen LogP contribution < -0.4 is 10.2 Å². The van der Waals surface area contributed by atoms with Crippen LogP contribution in [0.5, 0.6) is 0 Å². The molecule has 0 unspecified atom stereocenters. The van der Waals surface area contributed by atoms with Crippen LogP contribution in [0.15, 0.2) is 24.3 Å². The molecule has 1 saturated carbocycles. The summed E-state index contributed by atoms with van der Waals surface area (Å²) in [6.07, 6.45) is 4.63. The van der Waals surface area contributed by atoms with Gasteiger partial charge in [-0.1, -0.05) is 32.8 Å². The van der Waals surface area contributed by atoms with Gasteiger partial charge < -0.3 is 15.0 Å². The number of ether oxygens (including phenoxy) is 1. The molecule has 1 saturated heterocycles. The van der Waals surface area contributed by atoms with Crippen molar-refractivity contribution in [2.45, 2.75) is 52.0 Å². The molecule has 3 atom stereocenters. The molecule has 0 bridgehead atoms. The Morgan fingerprint density at radius 3 is 2.78 bits per heavy atom. The Hall–Kier alpha value is -2.37. The van der Waals surface area contributed by atoms with E-state index in [9.17, 15) is 14.4 Å². The van der Waals surface area contributed by atoms with Crippen molar-refractivity contribution in [2.75, 3.05) is 18.1 Å². The lowest BCUT2D eigenvalue weighted by Crippen LogP contribution is -2.45. The Labute approximate surface area is 160 Å². The van der Waals surface area contributed by atoms with E-state index in [1.54, 1.807) is 29.2 Å². The first kappa shape index (κ1) is 19.4. The molecule has 1 aromatic rings. The highest BCUT2D eigenvalue weighted by Crippen LogP contribution is 2.29. The second-order valence-electron chi connectivity index (χ2n) is 7.72. The van der Waals surface area contributed by atoms with E-state index in [0.717, 1.165) is 19.3 Å². The van der Waals surface area contributed by atoms with Crippen LogP contribution in [0.25, 0.3) is 0 Å². The summed E-state index contributed by atoms with van der Waals surface area (Å²) in [6.45, 7) is 4.74. The lowest BCUT2D eigenvalue weighted by Gasteiger charge is -2.34. The molecule has 0 spiro atoms. The third kappa shape index (κ3) is 4.67. The fraction of sp³-hybridized carbons (Fsp3) is 0.571. The normalized spacial score (nSPS) is 25.3. The minimum Gasteiger partial charge on any atom is -0.452 e. The van der Waals surface area contributed by atoms with Gasteiger partial charge in [0.05, 0.1) is 5.56 Å². The molecule has 3 rings (SSSR count). The van der Waals surface area contributed by atoms with E-state index in [2.05, 4.69) is 19.2 Å². The minimum atomic E-state index is -0.552. The maximum atomic E-state index is 12.3. The summed E-state index contributed by atoms with van der Waals surface area (Å²) >= 11 is 0. The summed E-state index contributed by atoms with van der Waals surface area (Å²) in [5, 5.41) is 3.00. The van der Waals surface area contributed by atoms with E-state index in [1.807, 2.05) is 0 Å². The first-order chi connectivity index (χ1) is 13.0. The molecule has 6 heteroatoms. The number of hydrogen-bond acceptors (Lipinski definition) is 4. The SMILES string of the molecule is C[C@@H]1[C@H](C)CCC[C@@H]1NC(=O)COC(=O)c1cccc(N2CCCC2=O)c1. The zero-order chi connectivity index (χ0) is 19.4. The number of carbonyl (C=O) groups is 3. The molecule has 2 aliphatic rings. The Kier molecular flexibility index (Phi) is 6.14. The fourth-order valence-corrected chi connectivity index (χ4v) is 3.97. The summed E-state index contributed by atoms with van der Waals surface area (Å²) < 4.78 is 5.18. The standard InChI is InChI=1S/C21H28N2O4/c1-14-6-3-9-18(15(14)2)22-19(24)13-27-21(26)16-7-4-8-17(12-16)23-11-5-10-20(23)25/h4,7-8,12,14-15,18H,3,5-6,9-11,13H2,1-2H3,(H,22,24)/t14-,15-,18+/m1/s1. The molecular weight excluding hydrogens is 344 g/mol. The van der Waals surface area contributed by atoms with Gasteiger partial charge in [0.2, 0.25) is 5.91 Å². The van der Waals surface area contributed by atoms with Crippen molar-refractivity contribution in [3.63, 3.8) is 0 Å². The molecule has 2 amide bonds. The molecule has 1 aliphatic carbocycles. The number of rotatable bonds is 5. The molecule has 1 heterocycles. The van der Waals surface area contributed by atoms with E-state index in [-0.39, 0.29) is 24.5 Å². The molecule has 1 N–H and O–H groups in total. The lowest BCUT2D eigenvalue weighted by molar-refractivity contribution is -0.125. The van der Waals surface area contributed by atoms with Crippen LogP contribution >= 0.6 is 0 Å². The number of anilines is 1. The molecule has 146 valence electrons. The van der Waals surface area contributed by atoms with Gasteiger partial charge in [0.25, 0.3) is 5.91 Å². The van der Waals surface area contributed by atoms with Crippen LogP contribution in [0.3, 0.4) is 0 Å². The van der Waals surface area contributed by atoms with Gasteiger partial charge in [0.1, 0.15) is 0 Å². The zero-order valence-corrected chi connectivity index (χ0v) is 16.1. The Balaban J connectivity index is 1.53. The van der Waals surface area contributed by atoms with Gasteiger partial charge >= 0.3 is 5.97 Å². The maximum absolute atomic E-state index is 12.3. The number of esters is 1. The number of nitrogens with zero attached hydrogens (tertiary/aromatic N) is 1. The maximum Gasteiger partial charge on any atom is 0.338 e. The van der Waals surface area contributed by atoms with Gasteiger partial charge in [-0.2, -0.15) is 0 Å². The number of benzene rings is 1. The van der Waals surface area contributed by atoms with Crippen molar-refractivity contribution < 1.29 is 19.1 Å². The van der Waals surface area contributed by atoms with Crippen LogP contribution in [-0.4, -0.2) is 37.0 Å². The Morgan fingerprint density at radius 2 is 2.04 bits per heavy atom. The third-order valence-electron chi connectivity index (χ3n) is 5.85. The largest absolute Gasteiger partial charge is 0.452 e. The van der Waals surface area contributed by atoms with Gasteiger partial charge in [-0.25, -0.2) is 4.79 Å². The molecule has 1 aromatic carbocycles. The quantitative estimate of drug-likeness (QED) is 0.807. The van der Waals surface area contributed by atoms with Crippen molar-refractivity contribution in [1.82, 2.24) is 5.32 Å². The highest BCUT2D eigenvalue weighted by atomic mass is 16.5. The average molecular weight is 372 g/mol. The van der Waals surface area contributed by atoms with Crippen molar-refractivity contribution in [3.8, 4) is 0 Å². The molecule has 0 radical (unpaired) electrons. The first-order valence-corrected chi connectivity index (χ1v) is 9.82. The van der Waals surface area contributed by atoms with Crippen LogP contribution in [0.2, 0.25) is 0 Å². The first-order valence-electron chi connectivity index (χ1n) is 9.82. The molecule has 2 fully saturated rings. The van der Waals surface area contributed by atoms with Crippen LogP contribution in [0, 0.1) is 11.8 Å². The third-order valence-corrected chi connectivity index (χ3v) is 5.85. The lowest BCUT2D eigenvalue weighted by atomic mass is 9.78. The monoisotopic (exact) mass is 372 g/mol. The molecular formula is C21H28N2O4. The highest BCUT2D eigenvalue weighted by Gasteiger charge is 2.28. The second kappa shape index (κ2) is 8.55. The summed E-state index contributed by atoms with van der Waals surface area (Å²) in [6, 6.07) is 6.95. The number of amides is 2. The van der Waals surface area contributed by atoms with E-state index >= 15 is 0 Å². The van der Waals surface area contributed by atoms with E-state index in [4.69, 9.17) is 4.74 Å². The van der Waals surface area contributed by atoms with Crippen LogP contribution in [0.4, 0.5) is 5.69 Å². The number of carbonyl (C=O) groups excluding carboxylic acids is 3. The van der Waals surface area contributed by atoms with Gasteiger partial charge in [0, 0.05) is 24.7 Å². The molecule has 0 aromatic heterocycles. The number of hydrogen-bond donors (Lipinski definition) is 1. The van der Waals surface area contributed by atoms with Crippen molar-refractivity contribution in [1.29, 1.82) is 0 Å². The van der Waals surface area contributed by atoms with Crippen LogP contribution in [0.1, 0.15) is 56.3 Å². The average Bonchev–Trinajstić information content (AvgIpc) is 3.09. The second-order valence-corrected chi connectivity index (χ2v) is 7.72. The van der Waals surface area contributed by atoms with Gasteiger partial charge in [-0.15, -0.1) is 0 Å². The van der Waals surface area contributed by atoms with E-state index < -0.39 is 5.97 Å². The van der Waals surface area contributed by atoms with Crippen molar-refractivity contribution >= 4 is 23.5 Å². The zero-order valence-electron chi connectivity index (χ0n) is 16.1. The molecule has 1 aliphatic heterocycles. The van der Waals surface area contributed by atoms with Crippen molar-refractivity contribution in [2.24, 2.45) is 11.8 Å². The molecule has 27 heavy (non-hydrogen) atoms. The van der Waals surface area contributed by atoms with Crippen molar-refractivity contribution in [3.05, 3.63) is 29.8 Å². The van der Waals surface area contributed by atoms with Gasteiger partial charge in [-0.05, 0) is 42.9 Å². The van der Waals surface area contributed by atoms with Crippen LogP contribution in [-0.2, 0) is 14.3 Å². The topological polar surface area (TPSA) is 75.7 Å². The fourth-order valence-electron chi connectivity index (χ4n) is 3.97. The highest BCUT2D eigenvalue weighted by molar-refractivity contribution is 5.97.